The van der Waals surface area contributed by atoms with E-state index in [-0.39, 0.29) is 34.9 Å². The standard InChI is InChI=1S/C19H18BrFN6O4S/c1-32(29,30)27-9-11-4-2-3-5-13(11)16(10-27)23-19-17(25-31-26-19)18(24-28)22-12-6-7-15(21)14(20)8-12/h2-8,16,28H,9-10H2,1H3,(H,22,24)(H,23,26). The summed E-state index contributed by atoms with van der Waals surface area (Å²) < 4.78 is 44.3. The van der Waals surface area contributed by atoms with Gasteiger partial charge < -0.3 is 15.8 Å². The van der Waals surface area contributed by atoms with Gasteiger partial charge in [-0.05, 0) is 55.6 Å². The Morgan fingerprint density at radius 3 is 2.81 bits per heavy atom. The average Bonchev–Trinajstić information content (AvgIpc) is 3.21. The van der Waals surface area contributed by atoms with E-state index in [9.17, 15) is 18.0 Å². The quantitative estimate of drug-likeness (QED) is 0.200. The molecular formula is C19H18BrFN6O4S. The molecule has 168 valence electrons. The van der Waals surface area contributed by atoms with Gasteiger partial charge in [0, 0.05) is 18.8 Å². The summed E-state index contributed by atoms with van der Waals surface area (Å²) in [7, 11) is -3.44. The number of halogens is 2. The highest BCUT2D eigenvalue weighted by molar-refractivity contribution is 9.10. The molecule has 1 aromatic heterocycles. The predicted octanol–water partition coefficient (Wildman–Crippen LogP) is 3.15. The number of amidine groups is 1. The number of hydrogen-bond donors (Lipinski definition) is 3. The Balaban J connectivity index is 1.62. The minimum absolute atomic E-state index is 0.0573. The number of benzene rings is 2. The van der Waals surface area contributed by atoms with Crippen molar-refractivity contribution >= 4 is 43.3 Å². The topological polar surface area (TPSA) is 133 Å². The van der Waals surface area contributed by atoms with Crippen molar-refractivity contribution in [3.63, 3.8) is 0 Å². The lowest BCUT2D eigenvalue weighted by Crippen LogP contribution is -2.40. The van der Waals surface area contributed by atoms with Crippen LogP contribution in [0.15, 0.2) is 56.7 Å². The molecule has 0 aliphatic carbocycles. The highest BCUT2D eigenvalue weighted by Gasteiger charge is 2.31. The second-order valence-corrected chi connectivity index (χ2v) is 9.95. The van der Waals surface area contributed by atoms with Gasteiger partial charge in [0.2, 0.25) is 21.7 Å². The van der Waals surface area contributed by atoms with E-state index in [1.54, 1.807) is 0 Å². The molecule has 32 heavy (non-hydrogen) atoms. The first kappa shape index (κ1) is 22.2. The number of anilines is 2. The normalized spacial score (nSPS) is 17.1. The molecule has 0 radical (unpaired) electrons. The maximum atomic E-state index is 13.5. The molecule has 4 rings (SSSR count). The average molecular weight is 525 g/mol. The fourth-order valence-electron chi connectivity index (χ4n) is 3.40. The number of aromatic nitrogens is 2. The molecule has 0 fully saturated rings. The number of rotatable bonds is 5. The first-order chi connectivity index (χ1) is 15.3. The molecule has 10 nitrogen and oxygen atoms in total. The Morgan fingerprint density at radius 2 is 2.09 bits per heavy atom. The SMILES string of the molecule is CS(=O)(=O)N1Cc2ccccc2C(Nc2nonc2/C(=N/O)Nc2ccc(F)c(Br)c2)C1. The number of hydrogen-bond acceptors (Lipinski definition) is 8. The largest absolute Gasteiger partial charge is 0.409 e. The van der Waals surface area contributed by atoms with Crippen LogP contribution >= 0.6 is 15.9 Å². The zero-order chi connectivity index (χ0) is 22.9. The van der Waals surface area contributed by atoms with Crippen molar-refractivity contribution in [2.24, 2.45) is 5.16 Å². The van der Waals surface area contributed by atoms with Gasteiger partial charge in [0.05, 0.1) is 16.8 Å². The summed E-state index contributed by atoms with van der Waals surface area (Å²) in [5.41, 5.74) is 2.23. The van der Waals surface area contributed by atoms with Gasteiger partial charge in [-0.2, -0.15) is 4.31 Å². The van der Waals surface area contributed by atoms with E-state index < -0.39 is 21.9 Å². The third kappa shape index (κ3) is 4.59. The zero-order valence-corrected chi connectivity index (χ0v) is 19.1. The third-order valence-corrected chi connectivity index (χ3v) is 6.76. The fraction of sp³-hybridized carbons (Fsp3) is 0.211. The molecule has 0 saturated heterocycles. The maximum Gasteiger partial charge on any atom is 0.211 e. The Morgan fingerprint density at radius 1 is 1.31 bits per heavy atom. The van der Waals surface area contributed by atoms with E-state index in [0.29, 0.717) is 5.69 Å². The number of nitrogens with one attached hydrogen (secondary N) is 2. The van der Waals surface area contributed by atoms with Gasteiger partial charge in [-0.25, -0.2) is 17.4 Å². The van der Waals surface area contributed by atoms with Crippen LogP contribution in [0.3, 0.4) is 0 Å². The molecular weight excluding hydrogens is 507 g/mol. The van der Waals surface area contributed by atoms with Crippen LogP contribution < -0.4 is 10.6 Å². The van der Waals surface area contributed by atoms with Crippen LogP contribution in [-0.4, -0.2) is 46.9 Å². The van der Waals surface area contributed by atoms with Gasteiger partial charge in [-0.3, -0.25) is 0 Å². The highest BCUT2D eigenvalue weighted by atomic mass is 79.9. The number of nitrogens with zero attached hydrogens (tertiary/aromatic N) is 4. The summed E-state index contributed by atoms with van der Waals surface area (Å²) in [6.07, 6.45) is 1.16. The molecule has 0 saturated carbocycles. The van der Waals surface area contributed by atoms with E-state index in [0.717, 1.165) is 17.4 Å². The summed E-state index contributed by atoms with van der Waals surface area (Å²) in [6.45, 7) is 0.424. The molecule has 1 unspecified atom stereocenters. The molecule has 0 amide bonds. The van der Waals surface area contributed by atoms with Crippen molar-refractivity contribution in [2.75, 3.05) is 23.4 Å². The third-order valence-electron chi connectivity index (χ3n) is 4.94. The highest BCUT2D eigenvalue weighted by Crippen LogP contribution is 2.31. The molecule has 0 spiro atoms. The smallest absolute Gasteiger partial charge is 0.211 e. The van der Waals surface area contributed by atoms with Gasteiger partial charge in [0.25, 0.3) is 0 Å². The van der Waals surface area contributed by atoms with Gasteiger partial charge in [-0.15, -0.1) is 0 Å². The number of fused-ring (bicyclic) bond motifs is 1. The lowest BCUT2D eigenvalue weighted by atomic mass is 9.96. The summed E-state index contributed by atoms with van der Waals surface area (Å²) in [4.78, 5) is 0. The van der Waals surface area contributed by atoms with Crippen LogP contribution in [0.5, 0.6) is 0 Å². The van der Waals surface area contributed by atoms with Gasteiger partial charge in [-0.1, -0.05) is 29.4 Å². The predicted molar refractivity (Wildman–Crippen MR) is 118 cm³/mol. The molecule has 2 heterocycles. The molecule has 3 N–H and O–H groups in total. The van der Waals surface area contributed by atoms with E-state index in [1.807, 2.05) is 24.3 Å². The minimum atomic E-state index is -3.44. The van der Waals surface area contributed by atoms with E-state index in [4.69, 9.17) is 4.63 Å². The van der Waals surface area contributed by atoms with Crippen LogP contribution in [0.1, 0.15) is 22.9 Å². The second kappa shape index (κ2) is 8.84. The molecule has 1 aliphatic heterocycles. The summed E-state index contributed by atoms with van der Waals surface area (Å²) in [5.74, 6) is -0.409. The molecule has 0 bridgehead atoms. The van der Waals surface area contributed by atoms with Crippen molar-refractivity contribution < 1.29 is 22.6 Å². The molecule has 1 aliphatic rings. The zero-order valence-electron chi connectivity index (χ0n) is 16.7. The Hall–Kier alpha value is -3.03. The monoisotopic (exact) mass is 524 g/mol. The van der Waals surface area contributed by atoms with Crippen LogP contribution in [0.4, 0.5) is 15.9 Å². The Kier molecular flexibility index (Phi) is 6.13. The van der Waals surface area contributed by atoms with Crippen molar-refractivity contribution in [2.45, 2.75) is 12.6 Å². The second-order valence-electron chi connectivity index (χ2n) is 7.12. The van der Waals surface area contributed by atoms with Gasteiger partial charge in [0.1, 0.15) is 5.82 Å². The Bertz CT molecular complexity index is 1280. The van der Waals surface area contributed by atoms with E-state index in [1.165, 1.54) is 22.5 Å². The van der Waals surface area contributed by atoms with Crippen molar-refractivity contribution in [1.82, 2.24) is 14.6 Å². The minimum Gasteiger partial charge on any atom is -0.409 e. The molecule has 13 heteroatoms. The first-order valence-corrected chi connectivity index (χ1v) is 12.0. The van der Waals surface area contributed by atoms with Gasteiger partial charge in [0.15, 0.2) is 5.69 Å². The lowest BCUT2D eigenvalue weighted by molar-refractivity contribution is 0.304. The molecule has 2 aromatic carbocycles. The van der Waals surface area contributed by atoms with Crippen LogP contribution in [0.25, 0.3) is 0 Å². The van der Waals surface area contributed by atoms with Gasteiger partial charge >= 0.3 is 0 Å². The number of oxime groups is 1. The maximum absolute atomic E-state index is 13.5. The van der Waals surface area contributed by atoms with Crippen LogP contribution in [0, 0.1) is 5.82 Å². The summed E-state index contributed by atoms with van der Waals surface area (Å²) in [6, 6.07) is 11.1. The van der Waals surface area contributed by atoms with E-state index >= 15 is 0 Å². The van der Waals surface area contributed by atoms with Crippen LogP contribution in [-0.2, 0) is 16.6 Å². The lowest BCUT2D eigenvalue weighted by Gasteiger charge is -2.33. The summed E-state index contributed by atoms with van der Waals surface area (Å²) in [5, 5.41) is 26.3. The fourth-order valence-corrected chi connectivity index (χ4v) is 4.57. The van der Waals surface area contributed by atoms with Crippen molar-refractivity contribution in [3.05, 3.63) is 69.6 Å². The van der Waals surface area contributed by atoms with Crippen molar-refractivity contribution in [3.8, 4) is 0 Å². The molecule has 1 atom stereocenters. The van der Waals surface area contributed by atoms with Crippen molar-refractivity contribution in [1.29, 1.82) is 0 Å². The first-order valence-electron chi connectivity index (χ1n) is 9.33. The Labute approximate surface area is 191 Å². The number of sulfonamides is 1. The van der Waals surface area contributed by atoms with E-state index in [2.05, 4.69) is 42.0 Å². The van der Waals surface area contributed by atoms with Crippen LogP contribution in [0.2, 0.25) is 0 Å². The molecule has 3 aromatic rings. The summed E-state index contributed by atoms with van der Waals surface area (Å²) >= 11 is 3.09.